The molecule has 5 nitrogen and oxygen atoms in total. The molecule has 0 aliphatic carbocycles. The highest BCUT2D eigenvalue weighted by molar-refractivity contribution is 7.99. The molecule has 0 saturated heterocycles. The van der Waals surface area contributed by atoms with E-state index in [1.54, 1.807) is 28.4 Å². The second-order valence-electron chi connectivity index (χ2n) is 6.11. The third kappa shape index (κ3) is 4.95. The summed E-state index contributed by atoms with van der Waals surface area (Å²) in [6, 6.07) is 5.95. The summed E-state index contributed by atoms with van der Waals surface area (Å²) in [4.78, 5) is 19.0. The number of aryl methyl sites for hydroxylation is 3. The number of halogens is 1. The molecule has 2 aromatic heterocycles. The van der Waals surface area contributed by atoms with Crippen molar-refractivity contribution in [3.63, 3.8) is 0 Å². The van der Waals surface area contributed by atoms with Gasteiger partial charge >= 0.3 is 0 Å². The summed E-state index contributed by atoms with van der Waals surface area (Å²) in [6.07, 6.45) is 0. The summed E-state index contributed by atoms with van der Waals surface area (Å²) >= 11 is 3.05. The molecule has 3 aromatic rings. The highest BCUT2D eigenvalue weighted by atomic mass is 32.2. The van der Waals surface area contributed by atoms with Gasteiger partial charge in [0.2, 0.25) is 5.91 Å². The van der Waals surface area contributed by atoms with Crippen LogP contribution in [0.2, 0.25) is 0 Å². The Balaban J connectivity index is 1.71. The third-order valence-corrected chi connectivity index (χ3v) is 5.85. The molecule has 1 aromatic carbocycles. The number of carbonyl (C=O) groups excluding carboxylic acids is 1. The molecule has 0 aliphatic heterocycles. The normalized spacial score (nSPS) is 11.0. The smallest absolute Gasteiger partial charge is 0.237 e. The van der Waals surface area contributed by atoms with Gasteiger partial charge in [0.25, 0.3) is 0 Å². The van der Waals surface area contributed by atoms with Gasteiger partial charge in [-0.2, -0.15) is 0 Å². The number of aromatic nitrogens is 2. The number of nitrogens with zero attached hydrogens (tertiary/aromatic N) is 3. The lowest BCUT2D eigenvalue weighted by atomic mass is 10.2. The number of hydrogen-bond donors (Lipinski definition) is 0. The van der Waals surface area contributed by atoms with Crippen molar-refractivity contribution in [2.24, 2.45) is 0 Å². The maximum Gasteiger partial charge on any atom is 0.237 e. The molecule has 3 rings (SSSR count). The number of carbonyl (C=O) groups is 1. The predicted molar refractivity (Wildman–Crippen MR) is 107 cm³/mol. The molecule has 8 heteroatoms. The molecule has 0 unspecified atom stereocenters. The summed E-state index contributed by atoms with van der Waals surface area (Å²) < 4.78 is 18.4. The minimum Gasteiger partial charge on any atom is -0.361 e. The van der Waals surface area contributed by atoms with Crippen LogP contribution < -0.4 is 4.90 Å². The SMILES string of the molecule is Cc1nc(CN(C(=O)CSCc2c(C)noc2C)c2ccc(F)cc2)cs1. The number of amides is 1. The van der Waals surface area contributed by atoms with E-state index in [0.717, 1.165) is 27.7 Å². The van der Waals surface area contributed by atoms with E-state index < -0.39 is 0 Å². The van der Waals surface area contributed by atoms with Crippen molar-refractivity contribution in [2.75, 3.05) is 10.7 Å². The molecule has 0 aliphatic rings. The topological polar surface area (TPSA) is 59.2 Å². The van der Waals surface area contributed by atoms with Crippen LogP contribution in [0.1, 0.15) is 27.7 Å². The van der Waals surface area contributed by atoms with Crippen molar-refractivity contribution >= 4 is 34.7 Å². The molecule has 142 valence electrons. The molecular weight excluding hydrogens is 385 g/mol. The van der Waals surface area contributed by atoms with Crippen LogP contribution in [0.5, 0.6) is 0 Å². The van der Waals surface area contributed by atoms with Gasteiger partial charge in [0, 0.05) is 22.4 Å². The maximum atomic E-state index is 13.3. The van der Waals surface area contributed by atoms with Gasteiger partial charge in [0.15, 0.2) is 0 Å². The average molecular weight is 406 g/mol. The molecule has 0 spiro atoms. The van der Waals surface area contributed by atoms with Crippen molar-refractivity contribution in [2.45, 2.75) is 33.1 Å². The van der Waals surface area contributed by atoms with Crippen LogP contribution in [0.3, 0.4) is 0 Å². The van der Waals surface area contributed by atoms with E-state index in [4.69, 9.17) is 4.52 Å². The predicted octanol–water partition coefficient (Wildman–Crippen LogP) is 4.66. The van der Waals surface area contributed by atoms with Gasteiger partial charge in [0.05, 0.1) is 28.7 Å². The van der Waals surface area contributed by atoms with E-state index in [2.05, 4.69) is 10.1 Å². The Morgan fingerprint density at radius 3 is 2.59 bits per heavy atom. The highest BCUT2D eigenvalue weighted by Crippen LogP contribution is 2.23. The lowest BCUT2D eigenvalue weighted by Crippen LogP contribution is -2.32. The Labute approximate surface area is 165 Å². The summed E-state index contributed by atoms with van der Waals surface area (Å²) in [7, 11) is 0. The molecule has 0 radical (unpaired) electrons. The van der Waals surface area contributed by atoms with E-state index >= 15 is 0 Å². The minimum absolute atomic E-state index is 0.0518. The Hall–Kier alpha value is -2.19. The van der Waals surface area contributed by atoms with Gasteiger partial charge in [-0.05, 0) is 45.0 Å². The van der Waals surface area contributed by atoms with Crippen LogP contribution in [0, 0.1) is 26.6 Å². The van der Waals surface area contributed by atoms with Gasteiger partial charge in [-0.25, -0.2) is 9.37 Å². The Bertz CT molecular complexity index is 902. The molecule has 1 amide bonds. The molecule has 0 saturated carbocycles. The second-order valence-corrected chi connectivity index (χ2v) is 8.16. The van der Waals surface area contributed by atoms with Crippen LogP contribution in [0.25, 0.3) is 0 Å². The van der Waals surface area contributed by atoms with Crippen LogP contribution >= 0.6 is 23.1 Å². The Morgan fingerprint density at radius 1 is 1.26 bits per heavy atom. The van der Waals surface area contributed by atoms with Crippen LogP contribution in [-0.4, -0.2) is 21.8 Å². The van der Waals surface area contributed by atoms with Gasteiger partial charge in [-0.1, -0.05) is 5.16 Å². The Kier molecular flexibility index (Phi) is 6.28. The zero-order chi connectivity index (χ0) is 19.4. The first kappa shape index (κ1) is 19.6. The van der Waals surface area contributed by atoms with E-state index in [0.29, 0.717) is 23.7 Å². The van der Waals surface area contributed by atoms with Gasteiger partial charge < -0.3 is 9.42 Å². The van der Waals surface area contributed by atoms with Gasteiger partial charge in [-0.3, -0.25) is 4.79 Å². The summed E-state index contributed by atoms with van der Waals surface area (Å²) in [6.45, 7) is 6.05. The van der Waals surface area contributed by atoms with E-state index in [1.807, 2.05) is 26.2 Å². The average Bonchev–Trinajstić information content (AvgIpc) is 3.20. The van der Waals surface area contributed by atoms with Crippen molar-refractivity contribution in [3.8, 4) is 0 Å². The number of benzene rings is 1. The quantitative estimate of drug-likeness (QED) is 0.572. The monoisotopic (exact) mass is 405 g/mol. The molecule has 0 N–H and O–H groups in total. The fourth-order valence-electron chi connectivity index (χ4n) is 2.61. The van der Waals surface area contributed by atoms with Crippen molar-refractivity contribution < 1.29 is 13.7 Å². The van der Waals surface area contributed by atoms with Crippen molar-refractivity contribution in [3.05, 3.63) is 63.2 Å². The van der Waals surface area contributed by atoms with Crippen molar-refractivity contribution in [1.82, 2.24) is 10.1 Å². The maximum absolute atomic E-state index is 13.3. The lowest BCUT2D eigenvalue weighted by molar-refractivity contribution is -0.116. The van der Waals surface area contributed by atoms with Crippen molar-refractivity contribution in [1.29, 1.82) is 0 Å². The molecular formula is C19H20FN3O2S2. The van der Waals surface area contributed by atoms with Gasteiger partial charge in [-0.15, -0.1) is 23.1 Å². The largest absolute Gasteiger partial charge is 0.361 e. The minimum atomic E-state index is -0.330. The molecule has 27 heavy (non-hydrogen) atoms. The second kappa shape index (κ2) is 8.67. The number of thiazole rings is 1. The number of anilines is 1. The van der Waals surface area contributed by atoms with E-state index in [9.17, 15) is 9.18 Å². The summed E-state index contributed by atoms with van der Waals surface area (Å²) in [5, 5.41) is 6.83. The lowest BCUT2D eigenvalue weighted by Gasteiger charge is -2.22. The molecule has 0 bridgehead atoms. The fraction of sp³-hybridized carbons (Fsp3) is 0.316. The first-order chi connectivity index (χ1) is 12.9. The van der Waals surface area contributed by atoms with E-state index in [-0.39, 0.29) is 11.7 Å². The number of hydrogen-bond acceptors (Lipinski definition) is 6. The van der Waals surface area contributed by atoms with E-state index in [1.165, 1.54) is 23.9 Å². The zero-order valence-corrected chi connectivity index (χ0v) is 17.0. The first-order valence-electron chi connectivity index (χ1n) is 8.40. The highest BCUT2D eigenvalue weighted by Gasteiger charge is 2.18. The molecule has 0 fully saturated rings. The van der Waals surface area contributed by atoms with Crippen LogP contribution in [-0.2, 0) is 17.1 Å². The summed E-state index contributed by atoms with van der Waals surface area (Å²) in [5.41, 5.74) is 3.35. The number of rotatable bonds is 7. The summed E-state index contributed by atoms with van der Waals surface area (Å²) in [5.74, 6) is 1.35. The standard InChI is InChI=1S/C19H20FN3O2S2/c1-12-18(13(2)25-22-12)10-26-11-19(24)23(8-16-9-27-14(3)21-16)17-6-4-15(20)5-7-17/h4-7,9H,8,10-11H2,1-3H3. The number of thioether (sulfide) groups is 1. The first-order valence-corrected chi connectivity index (χ1v) is 10.4. The third-order valence-electron chi connectivity index (χ3n) is 4.08. The van der Waals surface area contributed by atoms with Gasteiger partial charge in [0.1, 0.15) is 11.6 Å². The van der Waals surface area contributed by atoms with Crippen LogP contribution in [0.15, 0.2) is 34.2 Å². The fourth-order valence-corrected chi connectivity index (χ4v) is 4.27. The molecule has 2 heterocycles. The van der Waals surface area contributed by atoms with Crippen LogP contribution in [0.4, 0.5) is 10.1 Å². The Morgan fingerprint density at radius 2 is 2.00 bits per heavy atom. The zero-order valence-electron chi connectivity index (χ0n) is 15.4. The molecule has 0 atom stereocenters.